The van der Waals surface area contributed by atoms with Crippen molar-refractivity contribution in [2.24, 2.45) is 4.99 Å². The molecule has 5 heteroatoms. The Balaban J connectivity index is 2.46. The maximum atomic E-state index is 11.9. The van der Waals surface area contributed by atoms with Crippen molar-refractivity contribution in [1.82, 2.24) is 9.97 Å². The highest BCUT2D eigenvalue weighted by molar-refractivity contribution is 6.00. The number of nitrogens with one attached hydrogen (secondary N) is 1. The number of H-pyrrole nitrogens is 1. The molecule has 0 aliphatic heterocycles. The van der Waals surface area contributed by atoms with Gasteiger partial charge in [-0.3, -0.25) is 19.6 Å². The number of hydrogen-bond donors (Lipinski definition) is 1. The van der Waals surface area contributed by atoms with Gasteiger partial charge in [0.05, 0.1) is 0 Å². The molecule has 2 heterocycles. The number of aromatic nitrogens is 2. The van der Waals surface area contributed by atoms with Crippen LogP contribution in [0.3, 0.4) is 0 Å². The summed E-state index contributed by atoms with van der Waals surface area (Å²) in [5, 5.41) is 0. The fourth-order valence-electron chi connectivity index (χ4n) is 2.33. The Hall–Kier alpha value is -2.56. The van der Waals surface area contributed by atoms with Gasteiger partial charge in [0.1, 0.15) is 11.5 Å². The van der Waals surface area contributed by atoms with Crippen LogP contribution in [0.5, 0.6) is 0 Å². The molecule has 0 aromatic carbocycles. The van der Waals surface area contributed by atoms with Crippen LogP contribution >= 0.6 is 0 Å². The number of carbonyl (C=O) groups excluding carboxylic acids is 1. The number of nitrogens with zero attached hydrogens (tertiary/aromatic N) is 2. The number of ketones is 1. The number of carbonyl (C=O) groups is 1. The molecule has 0 bridgehead atoms. The molecule has 1 N–H and O–H groups in total. The first-order valence-corrected chi connectivity index (χ1v) is 7.07. The Bertz CT molecular complexity index is 784. The number of aryl methyl sites for hydroxylation is 2. The minimum absolute atomic E-state index is 0.0224. The highest BCUT2D eigenvalue weighted by Crippen LogP contribution is 2.22. The molecule has 0 amide bonds. The lowest BCUT2D eigenvalue weighted by atomic mass is 10.1. The van der Waals surface area contributed by atoms with E-state index >= 15 is 0 Å². The molecule has 22 heavy (non-hydrogen) atoms. The predicted octanol–water partition coefficient (Wildman–Crippen LogP) is 3.13. The number of rotatable bonds is 4. The Morgan fingerprint density at radius 2 is 1.77 bits per heavy atom. The van der Waals surface area contributed by atoms with E-state index in [9.17, 15) is 9.59 Å². The second kappa shape index (κ2) is 6.47. The van der Waals surface area contributed by atoms with E-state index < -0.39 is 0 Å². The minimum atomic E-state index is -0.269. The molecule has 0 atom stereocenters. The fourth-order valence-corrected chi connectivity index (χ4v) is 2.33. The van der Waals surface area contributed by atoms with Gasteiger partial charge in [-0.05, 0) is 51.5 Å². The summed E-state index contributed by atoms with van der Waals surface area (Å²) in [6.45, 7) is 7.10. The van der Waals surface area contributed by atoms with Crippen LogP contribution in [-0.4, -0.2) is 21.5 Å². The second-order valence-electron chi connectivity index (χ2n) is 5.47. The number of hydrogen-bond acceptors (Lipinski definition) is 4. The van der Waals surface area contributed by atoms with Gasteiger partial charge in [0.25, 0.3) is 5.56 Å². The molecule has 5 nitrogen and oxygen atoms in total. The van der Waals surface area contributed by atoms with E-state index in [1.165, 1.54) is 6.92 Å². The van der Waals surface area contributed by atoms with Gasteiger partial charge in [-0.15, -0.1) is 0 Å². The molecular weight excluding hydrogens is 278 g/mol. The molecule has 2 rings (SSSR count). The van der Waals surface area contributed by atoms with E-state index in [1.54, 1.807) is 19.2 Å². The summed E-state index contributed by atoms with van der Waals surface area (Å²) in [5.74, 6) is 0.0224. The topological polar surface area (TPSA) is 75.2 Å². The number of pyridine rings is 2. The predicted molar refractivity (Wildman–Crippen MR) is 87.8 cm³/mol. The lowest BCUT2D eigenvalue weighted by molar-refractivity contribution is -0.115. The van der Waals surface area contributed by atoms with E-state index in [1.807, 2.05) is 26.0 Å². The van der Waals surface area contributed by atoms with Gasteiger partial charge < -0.3 is 4.98 Å². The molecule has 0 aliphatic rings. The molecular formula is C17H19N3O2. The van der Waals surface area contributed by atoms with Gasteiger partial charge in [-0.1, -0.05) is 0 Å². The molecule has 0 fully saturated rings. The van der Waals surface area contributed by atoms with Crippen LogP contribution in [0.15, 0.2) is 34.2 Å². The third-order valence-corrected chi connectivity index (χ3v) is 3.11. The lowest BCUT2D eigenvalue weighted by Crippen LogP contribution is -2.07. The van der Waals surface area contributed by atoms with Crippen molar-refractivity contribution in [3.63, 3.8) is 0 Å². The Kier molecular flexibility index (Phi) is 4.65. The van der Waals surface area contributed by atoms with Gasteiger partial charge in [0.15, 0.2) is 0 Å². The van der Waals surface area contributed by atoms with E-state index in [2.05, 4.69) is 15.0 Å². The summed E-state index contributed by atoms with van der Waals surface area (Å²) in [6.07, 6.45) is 1.91. The van der Waals surface area contributed by atoms with Crippen molar-refractivity contribution in [3.05, 3.63) is 46.1 Å². The molecule has 0 unspecified atom stereocenters. The molecule has 2 aromatic rings. The second-order valence-corrected chi connectivity index (χ2v) is 5.47. The number of Topliss-reactive ketones (excluding diaryl/α,β-unsaturated/α-hetero) is 1. The molecule has 114 valence electrons. The largest absolute Gasteiger partial charge is 0.327 e. The number of aromatic amines is 1. The van der Waals surface area contributed by atoms with Gasteiger partial charge in [-0.25, -0.2) is 0 Å². The maximum Gasteiger partial charge on any atom is 0.273 e. The standard InChI is InChI=1S/C17H19N3O2/c1-10(5-13(4)21)20-16-8-15(9-18-17(16)22)14-6-11(2)19-12(3)7-14/h6-9H,5H2,1-4H3,(H,18,22). The van der Waals surface area contributed by atoms with E-state index in [0.717, 1.165) is 22.5 Å². The van der Waals surface area contributed by atoms with Crippen LogP contribution < -0.4 is 5.56 Å². The molecule has 0 aliphatic carbocycles. The van der Waals surface area contributed by atoms with Gasteiger partial charge in [0, 0.05) is 35.3 Å². The van der Waals surface area contributed by atoms with Crippen molar-refractivity contribution in [2.45, 2.75) is 34.1 Å². The third-order valence-electron chi connectivity index (χ3n) is 3.11. The monoisotopic (exact) mass is 297 g/mol. The Morgan fingerprint density at radius 1 is 1.14 bits per heavy atom. The Labute approximate surface area is 129 Å². The van der Waals surface area contributed by atoms with Crippen molar-refractivity contribution >= 4 is 17.2 Å². The summed E-state index contributed by atoms with van der Waals surface area (Å²) in [4.78, 5) is 34.3. The molecule has 0 saturated heterocycles. The van der Waals surface area contributed by atoms with Crippen molar-refractivity contribution in [2.75, 3.05) is 0 Å². The Morgan fingerprint density at radius 3 is 2.36 bits per heavy atom. The van der Waals surface area contributed by atoms with Crippen LogP contribution in [0.2, 0.25) is 0 Å². The molecule has 0 radical (unpaired) electrons. The lowest BCUT2D eigenvalue weighted by Gasteiger charge is -2.06. The summed E-state index contributed by atoms with van der Waals surface area (Å²) >= 11 is 0. The summed E-state index contributed by atoms with van der Waals surface area (Å²) in [5.41, 5.74) is 4.33. The first kappa shape index (κ1) is 15.8. The zero-order valence-electron chi connectivity index (χ0n) is 13.2. The average molecular weight is 297 g/mol. The smallest absolute Gasteiger partial charge is 0.273 e. The maximum absolute atomic E-state index is 11.9. The third kappa shape index (κ3) is 3.97. The summed E-state index contributed by atoms with van der Waals surface area (Å²) in [6, 6.07) is 5.64. The van der Waals surface area contributed by atoms with Crippen LogP contribution in [-0.2, 0) is 4.79 Å². The van der Waals surface area contributed by atoms with Crippen LogP contribution in [0.4, 0.5) is 5.69 Å². The van der Waals surface area contributed by atoms with Crippen LogP contribution in [0.25, 0.3) is 11.1 Å². The fraction of sp³-hybridized carbons (Fsp3) is 0.294. The molecule has 2 aromatic heterocycles. The van der Waals surface area contributed by atoms with E-state index in [-0.39, 0.29) is 17.8 Å². The SMILES string of the molecule is CC(=O)CC(C)=Nc1cc(-c2cc(C)nc(C)c2)c[nH]c1=O. The highest BCUT2D eigenvalue weighted by Gasteiger charge is 2.06. The van der Waals surface area contributed by atoms with E-state index in [0.29, 0.717) is 11.4 Å². The summed E-state index contributed by atoms with van der Waals surface area (Å²) < 4.78 is 0. The minimum Gasteiger partial charge on any atom is -0.327 e. The highest BCUT2D eigenvalue weighted by atomic mass is 16.1. The van der Waals surface area contributed by atoms with E-state index in [4.69, 9.17) is 0 Å². The first-order chi connectivity index (χ1) is 10.3. The zero-order valence-corrected chi connectivity index (χ0v) is 13.2. The first-order valence-electron chi connectivity index (χ1n) is 7.07. The van der Waals surface area contributed by atoms with Gasteiger partial charge in [0.2, 0.25) is 0 Å². The molecule has 0 saturated carbocycles. The van der Waals surface area contributed by atoms with Crippen molar-refractivity contribution < 1.29 is 4.79 Å². The normalized spacial score (nSPS) is 11.5. The van der Waals surface area contributed by atoms with Crippen molar-refractivity contribution in [1.29, 1.82) is 0 Å². The summed E-state index contributed by atoms with van der Waals surface area (Å²) in [7, 11) is 0. The van der Waals surface area contributed by atoms with Gasteiger partial charge in [-0.2, -0.15) is 0 Å². The van der Waals surface area contributed by atoms with Crippen LogP contribution in [0.1, 0.15) is 31.7 Å². The zero-order chi connectivity index (χ0) is 16.3. The van der Waals surface area contributed by atoms with Crippen LogP contribution in [0, 0.1) is 13.8 Å². The van der Waals surface area contributed by atoms with Gasteiger partial charge >= 0.3 is 0 Å². The number of aliphatic imine (C=N–C) groups is 1. The molecule has 0 spiro atoms. The van der Waals surface area contributed by atoms with Crippen molar-refractivity contribution in [3.8, 4) is 11.1 Å². The average Bonchev–Trinajstić information content (AvgIpc) is 2.39. The quantitative estimate of drug-likeness (QED) is 0.881.